The maximum Gasteiger partial charge on any atom is 0.314 e. The number of hydrogen-bond acceptors (Lipinski definition) is 6. The van der Waals surface area contributed by atoms with Gasteiger partial charge in [-0.2, -0.15) is 8.78 Å². The van der Waals surface area contributed by atoms with Gasteiger partial charge in [-0.15, -0.1) is 10.2 Å². The zero-order valence-corrected chi connectivity index (χ0v) is 15.3. The van der Waals surface area contributed by atoms with E-state index in [1.54, 1.807) is 28.6 Å². The van der Waals surface area contributed by atoms with Gasteiger partial charge in [0.1, 0.15) is 17.5 Å². The highest BCUT2D eigenvalue weighted by Gasteiger charge is 2.34. The third-order valence-electron chi connectivity index (χ3n) is 3.79. The molecule has 0 aliphatic heterocycles. The molecule has 2 heterocycles. The van der Waals surface area contributed by atoms with Crippen LogP contribution >= 0.6 is 11.6 Å². The Morgan fingerprint density at radius 3 is 2.78 bits per heavy atom. The second kappa shape index (κ2) is 7.35. The molecule has 0 saturated heterocycles. The highest BCUT2D eigenvalue weighted by molar-refractivity contribution is 7.87. The molecule has 1 unspecified atom stereocenters. The summed E-state index contributed by atoms with van der Waals surface area (Å²) in [6.07, 6.45) is 0.208. The summed E-state index contributed by atoms with van der Waals surface area (Å²) in [7, 11) is -1.27. The van der Waals surface area contributed by atoms with Crippen molar-refractivity contribution < 1.29 is 21.8 Å². The summed E-state index contributed by atoms with van der Waals surface area (Å²) < 4.78 is 50.0. The summed E-state index contributed by atoms with van der Waals surface area (Å²) in [4.78, 5) is 4.11. The van der Waals surface area contributed by atoms with Crippen LogP contribution in [0.5, 0.6) is 0 Å². The van der Waals surface area contributed by atoms with E-state index in [1.807, 2.05) is 0 Å². The van der Waals surface area contributed by atoms with Gasteiger partial charge in [0.15, 0.2) is 0 Å². The summed E-state index contributed by atoms with van der Waals surface area (Å²) in [6.45, 7) is 0.110. The van der Waals surface area contributed by atoms with Gasteiger partial charge in [-0.05, 0) is 31.0 Å². The van der Waals surface area contributed by atoms with Crippen LogP contribution in [-0.4, -0.2) is 24.6 Å². The standard InChI is InChI=1S/C16H13ClF2N4O3S/c17-9-2-1-3-10(6-9)23(27(24)11-4-5-11)8-13-20-7-12(25-13)15-21-22-16(26-15)14(18)19/h1-3,6-7,11,14H,4-5,8H2. The van der Waals surface area contributed by atoms with E-state index < -0.39 is 23.3 Å². The first-order valence-electron chi connectivity index (χ1n) is 8.01. The highest BCUT2D eigenvalue weighted by Crippen LogP contribution is 2.33. The molecule has 1 aromatic carbocycles. The van der Waals surface area contributed by atoms with Gasteiger partial charge >= 0.3 is 6.43 Å². The lowest BCUT2D eigenvalue weighted by Crippen LogP contribution is -2.28. The van der Waals surface area contributed by atoms with Crippen molar-refractivity contribution in [1.82, 2.24) is 15.2 Å². The first-order valence-corrected chi connectivity index (χ1v) is 9.56. The van der Waals surface area contributed by atoms with Crippen LogP contribution in [0.15, 0.2) is 39.3 Å². The third-order valence-corrected chi connectivity index (χ3v) is 5.84. The van der Waals surface area contributed by atoms with Crippen LogP contribution in [0.3, 0.4) is 0 Å². The van der Waals surface area contributed by atoms with Gasteiger partial charge in [-0.25, -0.2) is 9.19 Å². The van der Waals surface area contributed by atoms with E-state index in [0.717, 1.165) is 12.8 Å². The van der Waals surface area contributed by atoms with Gasteiger partial charge in [0.2, 0.25) is 11.7 Å². The fourth-order valence-electron chi connectivity index (χ4n) is 2.37. The van der Waals surface area contributed by atoms with Crippen molar-refractivity contribution in [2.45, 2.75) is 31.1 Å². The molecule has 4 rings (SSSR count). The van der Waals surface area contributed by atoms with Crippen molar-refractivity contribution in [3.63, 3.8) is 0 Å². The van der Waals surface area contributed by atoms with Gasteiger partial charge in [0, 0.05) is 5.02 Å². The van der Waals surface area contributed by atoms with Crippen LogP contribution < -0.4 is 4.31 Å². The van der Waals surface area contributed by atoms with Crippen LogP contribution in [-0.2, 0) is 17.5 Å². The molecule has 0 N–H and O–H groups in total. The lowest BCUT2D eigenvalue weighted by molar-refractivity contribution is 0.115. The predicted octanol–water partition coefficient (Wildman–Crippen LogP) is 4.15. The van der Waals surface area contributed by atoms with Crippen LogP contribution in [0, 0.1) is 0 Å². The van der Waals surface area contributed by atoms with E-state index in [-0.39, 0.29) is 29.3 Å². The Hall–Kier alpha value is -2.33. The fraction of sp³-hybridized carbons (Fsp3) is 0.312. The Bertz CT molecular complexity index is 976. The second-order valence-electron chi connectivity index (χ2n) is 5.86. The Labute approximate surface area is 159 Å². The van der Waals surface area contributed by atoms with Crippen LogP contribution in [0.4, 0.5) is 14.5 Å². The molecule has 1 atom stereocenters. The van der Waals surface area contributed by atoms with Crippen molar-refractivity contribution in [3.05, 3.63) is 47.3 Å². The number of nitrogens with zero attached hydrogens (tertiary/aromatic N) is 4. The number of rotatable bonds is 7. The smallest absolute Gasteiger partial charge is 0.314 e. The normalized spacial score (nSPS) is 15.3. The number of hydrogen-bond donors (Lipinski definition) is 0. The Morgan fingerprint density at radius 1 is 1.30 bits per heavy atom. The zero-order valence-electron chi connectivity index (χ0n) is 13.7. The van der Waals surface area contributed by atoms with Crippen molar-refractivity contribution in [2.75, 3.05) is 4.31 Å². The minimum atomic E-state index is -2.87. The molecule has 0 bridgehead atoms. The molecule has 7 nitrogen and oxygen atoms in total. The average molecular weight is 415 g/mol. The quantitative estimate of drug-likeness (QED) is 0.577. The van der Waals surface area contributed by atoms with Crippen molar-refractivity contribution in [3.8, 4) is 11.7 Å². The Kier molecular flexibility index (Phi) is 4.92. The van der Waals surface area contributed by atoms with Gasteiger partial charge in [0.05, 0.1) is 17.1 Å². The largest absolute Gasteiger partial charge is 0.434 e. The van der Waals surface area contributed by atoms with Crippen LogP contribution in [0.2, 0.25) is 5.02 Å². The first kappa shape index (κ1) is 18.1. The van der Waals surface area contributed by atoms with Gasteiger partial charge in [-0.1, -0.05) is 17.7 Å². The van der Waals surface area contributed by atoms with Gasteiger partial charge in [0.25, 0.3) is 11.8 Å². The van der Waals surface area contributed by atoms with E-state index in [4.69, 9.17) is 20.4 Å². The lowest BCUT2D eigenvalue weighted by Gasteiger charge is -2.22. The van der Waals surface area contributed by atoms with Crippen LogP contribution in [0.25, 0.3) is 11.7 Å². The molecule has 27 heavy (non-hydrogen) atoms. The number of aromatic nitrogens is 3. The Balaban J connectivity index is 1.58. The maximum atomic E-state index is 12.8. The first-order chi connectivity index (χ1) is 13.0. The zero-order chi connectivity index (χ0) is 19.0. The topological polar surface area (TPSA) is 85.3 Å². The second-order valence-corrected chi connectivity index (χ2v) is 7.95. The maximum absolute atomic E-state index is 12.8. The molecular weight excluding hydrogens is 402 g/mol. The summed E-state index contributed by atoms with van der Waals surface area (Å²) in [5.74, 6) is -0.691. The molecule has 0 spiro atoms. The number of halogens is 3. The summed E-state index contributed by atoms with van der Waals surface area (Å²) >= 11 is 6.05. The molecular formula is C16H13ClF2N4O3S. The SMILES string of the molecule is O=S(C1CC1)N(Cc1ncc(-c2nnc(C(F)F)o2)o1)c1cccc(Cl)c1. The summed E-state index contributed by atoms with van der Waals surface area (Å²) in [5, 5.41) is 7.38. The number of anilines is 1. The van der Waals surface area contributed by atoms with Crippen molar-refractivity contribution in [2.24, 2.45) is 0 Å². The van der Waals surface area contributed by atoms with E-state index in [9.17, 15) is 13.0 Å². The molecule has 0 amide bonds. The lowest BCUT2D eigenvalue weighted by atomic mass is 10.3. The van der Waals surface area contributed by atoms with E-state index in [1.165, 1.54) is 6.20 Å². The van der Waals surface area contributed by atoms with Crippen molar-refractivity contribution in [1.29, 1.82) is 0 Å². The summed E-state index contributed by atoms with van der Waals surface area (Å²) in [5.41, 5.74) is 0.672. The predicted molar refractivity (Wildman–Crippen MR) is 93.6 cm³/mol. The monoisotopic (exact) mass is 414 g/mol. The molecule has 11 heteroatoms. The highest BCUT2D eigenvalue weighted by atomic mass is 35.5. The van der Waals surface area contributed by atoms with E-state index >= 15 is 0 Å². The fourth-order valence-corrected chi connectivity index (χ4v) is 4.01. The molecule has 142 valence electrons. The van der Waals surface area contributed by atoms with Crippen LogP contribution in [0.1, 0.15) is 31.0 Å². The van der Waals surface area contributed by atoms with Crippen molar-refractivity contribution >= 4 is 28.3 Å². The molecule has 1 aliphatic carbocycles. The Morgan fingerprint density at radius 2 is 2.11 bits per heavy atom. The molecule has 1 saturated carbocycles. The molecule has 1 aliphatic rings. The number of benzene rings is 1. The average Bonchev–Trinajstić information content (AvgIpc) is 3.18. The molecule has 0 radical (unpaired) electrons. The minimum Gasteiger partial charge on any atom is -0.434 e. The number of oxazole rings is 1. The molecule has 3 aromatic rings. The molecule has 1 fully saturated rings. The summed E-state index contributed by atoms with van der Waals surface area (Å²) in [6, 6.07) is 6.99. The van der Waals surface area contributed by atoms with E-state index in [0.29, 0.717) is 10.7 Å². The van der Waals surface area contributed by atoms with Gasteiger partial charge < -0.3 is 8.83 Å². The molecule has 2 aromatic heterocycles. The van der Waals surface area contributed by atoms with E-state index in [2.05, 4.69) is 15.2 Å². The number of alkyl halides is 2. The third kappa shape index (κ3) is 4.01. The minimum absolute atomic E-state index is 0.0626. The van der Waals surface area contributed by atoms with Gasteiger partial charge in [-0.3, -0.25) is 4.31 Å².